The monoisotopic (exact) mass is 325 g/mol. The van der Waals surface area contributed by atoms with Crippen molar-refractivity contribution in [3.05, 3.63) is 0 Å². The number of rotatable bonds is 8. The van der Waals surface area contributed by atoms with Gasteiger partial charge in [-0.05, 0) is 19.4 Å². The van der Waals surface area contributed by atoms with E-state index in [1.807, 2.05) is 11.8 Å². The van der Waals surface area contributed by atoms with Gasteiger partial charge in [-0.1, -0.05) is 6.92 Å². The maximum Gasteiger partial charge on any atom is 0.317 e. The highest BCUT2D eigenvalue weighted by atomic mass is 16.4. The van der Waals surface area contributed by atoms with E-state index < -0.39 is 5.97 Å². The van der Waals surface area contributed by atoms with Gasteiger partial charge in [-0.15, -0.1) is 0 Å². The number of aliphatic carboxylic acids is 1. The van der Waals surface area contributed by atoms with Gasteiger partial charge in [0, 0.05) is 37.9 Å². The molecule has 0 aromatic rings. The third kappa shape index (κ3) is 4.51. The van der Waals surface area contributed by atoms with Gasteiger partial charge in [-0.3, -0.25) is 29.0 Å². The summed E-state index contributed by atoms with van der Waals surface area (Å²) in [6.07, 6.45) is 2.05. The number of carboxylic acid groups (broad SMARTS) is 1. The lowest BCUT2D eigenvalue weighted by Gasteiger charge is -2.42. The topological polar surface area (TPSA) is 107 Å². The summed E-state index contributed by atoms with van der Waals surface area (Å²) >= 11 is 0. The molecule has 1 saturated carbocycles. The second-order valence-electron chi connectivity index (χ2n) is 6.04. The smallest absolute Gasteiger partial charge is 0.317 e. The van der Waals surface area contributed by atoms with Gasteiger partial charge in [0.15, 0.2) is 0 Å². The Morgan fingerprint density at radius 3 is 2.39 bits per heavy atom. The molecule has 2 fully saturated rings. The van der Waals surface area contributed by atoms with Crippen LogP contribution >= 0.6 is 0 Å². The van der Waals surface area contributed by atoms with Crippen LogP contribution in [0.1, 0.15) is 39.0 Å². The zero-order chi connectivity index (χ0) is 17.0. The molecule has 0 aromatic carbocycles. The normalized spacial score (nSPS) is 24.0. The number of amides is 3. The predicted molar refractivity (Wildman–Crippen MR) is 80.4 cm³/mol. The van der Waals surface area contributed by atoms with Crippen molar-refractivity contribution in [3.8, 4) is 0 Å². The zero-order valence-electron chi connectivity index (χ0n) is 13.3. The van der Waals surface area contributed by atoms with Gasteiger partial charge in [0.2, 0.25) is 17.7 Å². The molecular formula is C15H23N3O5. The number of carboxylic acids is 1. The molecule has 1 aliphatic carbocycles. The van der Waals surface area contributed by atoms with Gasteiger partial charge in [0.05, 0.1) is 6.54 Å². The van der Waals surface area contributed by atoms with Crippen LogP contribution in [0.2, 0.25) is 0 Å². The fraction of sp³-hybridized carbons (Fsp3) is 0.733. The first kappa shape index (κ1) is 17.4. The largest absolute Gasteiger partial charge is 0.480 e. The molecule has 1 aliphatic heterocycles. The van der Waals surface area contributed by atoms with Crippen molar-refractivity contribution < 1.29 is 24.3 Å². The Morgan fingerprint density at radius 1 is 1.26 bits per heavy atom. The molecule has 0 unspecified atom stereocenters. The Morgan fingerprint density at radius 2 is 1.87 bits per heavy atom. The number of nitrogens with zero attached hydrogens (tertiary/aromatic N) is 2. The van der Waals surface area contributed by atoms with Crippen LogP contribution in [0.5, 0.6) is 0 Å². The Kier molecular flexibility index (Phi) is 5.70. The summed E-state index contributed by atoms with van der Waals surface area (Å²) in [7, 11) is 0. The molecular weight excluding hydrogens is 302 g/mol. The molecule has 2 rings (SSSR count). The molecule has 0 aromatic heterocycles. The number of carbonyl (C=O) groups excluding carboxylic acids is 3. The number of likely N-dealkylation sites (N-methyl/N-ethyl adjacent to an activating group) is 1. The summed E-state index contributed by atoms with van der Waals surface area (Å²) in [5, 5.41) is 11.7. The summed E-state index contributed by atoms with van der Waals surface area (Å²) in [4.78, 5) is 48.6. The highest BCUT2D eigenvalue weighted by Crippen LogP contribution is 2.25. The maximum atomic E-state index is 11.9. The van der Waals surface area contributed by atoms with E-state index in [1.54, 1.807) is 0 Å². The molecule has 1 saturated heterocycles. The van der Waals surface area contributed by atoms with Crippen LogP contribution in [-0.2, 0) is 19.2 Å². The first-order valence-corrected chi connectivity index (χ1v) is 7.99. The van der Waals surface area contributed by atoms with E-state index in [4.69, 9.17) is 5.11 Å². The van der Waals surface area contributed by atoms with E-state index in [2.05, 4.69) is 5.32 Å². The standard InChI is InChI=1S/C15H23N3O5/c1-2-17(9-15(22)23)11-7-10(8-11)16-12(19)5-6-18-13(20)3-4-14(18)21/h10-11H,2-9H2,1H3,(H,16,19)(H,22,23). The second kappa shape index (κ2) is 7.54. The third-order valence-corrected chi connectivity index (χ3v) is 4.46. The van der Waals surface area contributed by atoms with Crippen LogP contribution < -0.4 is 5.32 Å². The van der Waals surface area contributed by atoms with Gasteiger partial charge in [-0.25, -0.2) is 0 Å². The first-order chi connectivity index (χ1) is 10.9. The molecule has 2 N–H and O–H groups in total. The van der Waals surface area contributed by atoms with Gasteiger partial charge >= 0.3 is 5.97 Å². The van der Waals surface area contributed by atoms with E-state index in [-0.39, 0.29) is 62.2 Å². The van der Waals surface area contributed by atoms with Crippen LogP contribution in [0.3, 0.4) is 0 Å². The van der Waals surface area contributed by atoms with E-state index in [1.165, 1.54) is 0 Å². The van der Waals surface area contributed by atoms with Crippen molar-refractivity contribution in [1.29, 1.82) is 0 Å². The van der Waals surface area contributed by atoms with Crippen molar-refractivity contribution in [2.75, 3.05) is 19.6 Å². The van der Waals surface area contributed by atoms with Crippen LogP contribution in [0.15, 0.2) is 0 Å². The Bertz CT molecular complexity index is 485. The summed E-state index contributed by atoms with van der Waals surface area (Å²) in [6.45, 7) is 2.73. The predicted octanol–water partition coefficient (Wildman–Crippen LogP) is -0.421. The molecule has 1 heterocycles. The lowest BCUT2D eigenvalue weighted by Crippen LogP contribution is -2.55. The lowest BCUT2D eigenvalue weighted by atomic mass is 9.85. The average Bonchev–Trinajstić information content (AvgIpc) is 2.77. The minimum absolute atomic E-state index is 0.0149. The highest BCUT2D eigenvalue weighted by Gasteiger charge is 2.35. The Balaban J connectivity index is 1.67. The van der Waals surface area contributed by atoms with Crippen molar-refractivity contribution >= 4 is 23.7 Å². The van der Waals surface area contributed by atoms with Crippen molar-refractivity contribution in [2.45, 2.75) is 51.1 Å². The molecule has 2 aliphatic rings. The number of imide groups is 1. The summed E-state index contributed by atoms with van der Waals surface area (Å²) in [5.74, 6) is -1.45. The number of hydrogen-bond donors (Lipinski definition) is 2. The summed E-state index contributed by atoms with van der Waals surface area (Å²) < 4.78 is 0. The molecule has 0 bridgehead atoms. The van der Waals surface area contributed by atoms with E-state index >= 15 is 0 Å². The minimum Gasteiger partial charge on any atom is -0.480 e. The van der Waals surface area contributed by atoms with Gasteiger partial charge in [0.25, 0.3) is 0 Å². The number of carbonyl (C=O) groups is 4. The summed E-state index contributed by atoms with van der Waals surface area (Å²) in [6, 6.07) is 0.225. The highest BCUT2D eigenvalue weighted by molar-refractivity contribution is 6.02. The fourth-order valence-corrected chi connectivity index (χ4v) is 3.06. The first-order valence-electron chi connectivity index (χ1n) is 7.99. The van der Waals surface area contributed by atoms with Crippen molar-refractivity contribution in [2.24, 2.45) is 0 Å². The van der Waals surface area contributed by atoms with Crippen LogP contribution in [-0.4, -0.2) is 70.3 Å². The van der Waals surface area contributed by atoms with Gasteiger partial charge < -0.3 is 10.4 Å². The van der Waals surface area contributed by atoms with Crippen LogP contribution in [0.4, 0.5) is 0 Å². The number of likely N-dealkylation sites (tertiary alicyclic amines) is 1. The molecule has 23 heavy (non-hydrogen) atoms. The van der Waals surface area contributed by atoms with Crippen molar-refractivity contribution in [3.63, 3.8) is 0 Å². The number of nitrogens with one attached hydrogen (secondary N) is 1. The van der Waals surface area contributed by atoms with Crippen LogP contribution in [0.25, 0.3) is 0 Å². The molecule has 8 heteroatoms. The molecule has 3 amide bonds. The average molecular weight is 325 g/mol. The Labute approximate surface area is 134 Å². The quantitative estimate of drug-likeness (QED) is 0.587. The second-order valence-corrected chi connectivity index (χ2v) is 6.04. The maximum absolute atomic E-state index is 11.9. The molecule has 0 spiro atoms. The minimum atomic E-state index is -0.848. The molecule has 8 nitrogen and oxygen atoms in total. The van der Waals surface area contributed by atoms with E-state index in [0.29, 0.717) is 6.54 Å². The molecule has 0 radical (unpaired) electrons. The van der Waals surface area contributed by atoms with Crippen LogP contribution in [0, 0.1) is 0 Å². The lowest BCUT2D eigenvalue weighted by molar-refractivity contribution is -0.141. The SMILES string of the molecule is CCN(CC(=O)O)C1CC(NC(=O)CCN2C(=O)CCC2=O)C1. The van der Waals surface area contributed by atoms with Crippen molar-refractivity contribution in [1.82, 2.24) is 15.1 Å². The van der Waals surface area contributed by atoms with Gasteiger partial charge in [-0.2, -0.15) is 0 Å². The zero-order valence-corrected chi connectivity index (χ0v) is 13.3. The van der Waals surface area contributed by atoms with E-state index in [9.17, 15) is 19.2 Å². The fourth-order valence-electron chi connectivity index (χ4n) is 3.06. The van der Waals surface area contributed by atoms with E-state index in [0.717, 1.165) is 17.7 Å². The molecule has 128 valence electrons. The summed E-state index contributed by atoms with van der Waals surface area (Å²) in [5.41, 5.74) is 0. The molecule has 0 atom stereocenters. The third-order valence-electron chi connectivity index (χ3n) is 4.46. The Hall–Kier alpha value is -1.96. The van der Waals surface area contributed by atoms with Gasteiger partial charge in [0.1, 0.15) is 0 Å². The number of hydrogen-bond acceptors (Lipinski definition) is 5.